The molecular formula is C40H48N4O8S. The Bertz CT molecular complexity index is 1770. The molecule has 2 heterocycles. The third-order valence-electron chi connectivity index (χ3n) is 10.4. The van der Waals surface area contributed by atoms with Crippen molar-refractivity contribution in [2.24, 2.45) is 22.9 Å². The number of aryl methyl sites for hydroxylation is 1. The van der Waals surface area contributed by atoms with Crippen molar-refractivity contribution in [2.75, 3.05) is 32.7 Å². The predicted octanol–water partition coefficient (Wildman–Crippen LogP) is 7.42. The zero-order valence-electron chi connectivity index (χ0n) is 30.0. The van der Waals surface area contributed by atoms with E-state index in [9.17, 15) is 20.3 Å². The molecule has 0 spiro atoms. The summed E-state index contributed by atoms with van der Waals surface area (Å²) in [6, 6.07) is 11.9. The lowest BCUT2D eigenvalue weighted by Gasteiger charge is -2.58. The van der Waals surface area contributed by atoms with Crippen molar-refractivity contribution in [1.29, 1.82) is 0 Å². The summed E-state index contributed by atoms with van der Waals surface area (Å²) in [6.45, 7) is 4.50. The number of rotatable bonds is 19. The van der Waals surface area contributed by atoms with Gasteiger partial charge in [-0.05, 0) is 73.1 Å². The van der Waals surface area contributed by atoms with E-state index in [0.29, 0.717) is 42.9 Å². The Hall–Kier alpha value is -4.30. The molecule has 1 aromatic heterocycles. The molecule has 6 atom stereocenters. The standard InChI is InChI=1S/C40H48N4O8S/c1-3-20-50-40-37(53-21-15-28-26-41-16-17-42-28)25-35(43-49-2)33-22-27(9-4-6-18-45)32(12-5-7-19-46)38(39(33)40)34-24-31(13-14-36(34)52-40)51-30-11-8-10-29(23-30)44(47)48/h3,8,10-11,13-14,16-17,22-24,26-27,32,37-39,45-46H,1,4-7,9,12,15,18-21,25H2,2H3. The minimum atomic E-state index is -1.09. The normalized spacial score (nSPS) is 25.1. The Morgan fingerprint density at radius 1 is 1.11 bits per heavy atom. The predicted molar refractivity (Wildman–Crippen MR) is 203 cm³/mol. The van der Waals surface area contributed by atoms with Gasteiger partial charge in [-0.1, -0.05) is 36.2 Å². The lowest BCUT2D eigenvalue weighted by atomic mass is 9.56. The number of hydrogen-bond acceptors (Lipinski definition) is 12. The molecule has 2 aliphatic carbocycles. The summed E-state index contributed by atoms with van der Waals surface area (Å²) in [5.41, 5.74) is 3.70. The number of thioether (sulfide) groups is 1. The molecule has 1 saturated carbocycles. The van der Waals surface area contributed by atoms with E-state index in [1.54, 1.807) is 55.7 Å². The maximum absolute atomic E-state index is 11.5. The fourth-order valence-electron chi connectivity index (χ4n) is 8.21. The Morgan fingerprint density at radius 3 is 2.66 bits per heavy atom. The van der Waals surface area contributed by atoms with Gasteiger partial charge in [-0.2, -0.15) is 11.8 Å². The Morgan fingerprint density at radius 2 is 1.92 bits per heavy atom. The van der Waals surface area contributed by atoms with Crippen LogP contribution >= 0.6 is 11.8 Å². The summed E-state index contributed by atoms with van der Waals surface area (Å²) in [4.78, 5) is 25.3. The first kappa shape index (κ1) is 38.4. The van der Waals surface area contributed by atoms with Crippen molar-refractivity contribution in [3.63, 3.8) is 0 Å². The van der Waals surface area contributed by atoms with Crippen LogP contribution in [0.5, 0.6) is 17.2 Å². The van der Waals surface area contributed by atoms with Crippen molar-refractivity contribution in [1.82, 2.24) is 9.97 Å². The number of aliphatic hydroxyl groups is 2. The number of hydrogen-bond donors (Lipinski definition) is 2. The van der Waals surface area contributed by atoms with Gasteiger partial charge in [0.2, 0.25) is 5.79 Å². The second-order valence-electron chi connectivity index (χ2n) is 13.6. The number of aromatic nitrogens is 2. The van der Waals surface area contributed by atoms with Gasteiger partial charge in [0.15, 0.2) is 0 Å². The van der Waals surface area contributed by atoms with Crippen LogP contribution in [0.2, 0.25) is 0 Å². The van der Waals surface area contributed by atoms with E-state index >= 15 is 0 Å². The van der Waals surface area contributed by atoms with Crippen LogP contribution in [0, 0.1) is 27.9 Å². The van der Waals surface area contributed by atoms with Crippen LogP contribution in [-0.2, 0) is 16.0 Å². The van der Waals surface area contributed by atoms with Crippen LogP contribution < -0.4 is 9.47 Å². The maximum Gasteiger partial charge on any atom is 0.273 e. The average molecular weight is 745 g/mol. The van der Waals surface area contributed by atoms with Gasteiger partial charge in [0.05, 0.1) is 40.2 Å². The number of allylic oxidation sites excluding steroid dienone is 1. The highest BCUT2D eigenvalue weighted by atomic mass is 32.2. The molecule has 12 nitrogen and oxygen atoms in total. The Labute approximate surface area is 314 Å². The van der Waals surface area contributed by atoms with E-state index in [1.165, 1.54) is 12.1 Å². The van der Waals surface area contributed by atoms with Gasteiger partial charge in [-0.15, -0.1) is 6.58 Å². The van der Waals surface area contributed by atoms with Crippen LogP contribution in [0.15, 0.2) is 90.5 Å². The first-order valence-electron chi connectivity index (χ1n) is 18.3. The number of nitrogens with zero attached hydrogens (tertiary/aromatic N) is 4. The quantitative estimate of drug-likeness (QED) is 0.0545. The van der Waals surface area contributed by atoms with Gasteiger partial charge in [0, 0.05) is 62.2 Å². The van der Waals surface area contributed by atoms with E-state index in [2.05, 4.69) is 27.8 Å². The first-order chi connectivity index (χ1) is 25.9. The summed E-state index contributed by atoms with van der Waals surface area (Å²) in [5, 5.41) is 35.5. The number of ether oxygens (including phenoxy) is 3. The molecule has 53 heavy (non-hydrogen) atoms. The first-order valence-corrected chi connectivity index (χ1v) is 19.4. The second-order valence-corrected chi connectivity index (χ2v) is 14.9. The molecule has 1 fully saturated rings. The fraction of sp³-hybridized carbons (Fsp3) is 0.475. The average Bonchev–Trinajstić information content (AvgIpc) is 3.17. The Balaban J connectivity index is 1.49. The SMILES string of the molecule is C=CCOC12Oc3ccc(Oc4cccc([N+](=O)[O-])c4)cc3C3C(CCCCO)C(CCCCO)C=C(C(=NOC)CC1SCCc1cnccn1)C32. The highest BCUT2D eigenvalue weighted by Gasteiger charge is 2.64. The van der Waals surface area contributed by atoms with Gasteiger partial charge >= 0.3 is 0 Å². The van der Waals surface area contributed by atoms with Crippen molar-refractivity contribution in [3.8, 4) is 17.2 Å². The molecule has 0 amide bonds. The number of aliphatic hydroxyl groups excluding tert-OH is 2. The molecule has 6 unspecified atom stereocenters. The molecular weight excluding hydrogens is 697 g/mol. The van der Waals surface area contributed by atoms with Gasteiger partial charge in [0.1, 0.15) is 24.4 Å². The highest BCUT2D eigenvalue weighted by Crippen LogP contribution is 2.62. The summed E-state index contributed by atoms with van der Waals surface area (Å²) in [6.07, 6.45) is 15.3. The zero-order valence-corrected chi connectivity index (χ0v) is 30.9. The topological polar surface area (TPSA) is 159 Å². The van der Waals surface area contributed by atoms with Gasteiger partial charge in [-0.25, -0.2) is 0 Å². The van der Waals surface area contributed by atoms with Crippen LogP contribution in [-0.4, -0.2) is 74.5 Å². The number of non-ortho nitro benzene ring substituents is 1. The molecule has 6 rings (SSSR count). The van der Waals surface area contributed by atoms with Crippen molar-refractivity contribution in [3.05, 3.63) is 107 Å². The number of unbranched alkanes of at least 4 members (excludes halogenated alkanes) is 2. The monoisotopic (exact) mass is 744 g/mol. The summed E-state index contributed by atoms with van der Waals surface area (Å²) < 4.78 is 20.4. The number of benzene rings is 2. The van der Waals surface area contributed by atoms with Crippen molar-refractivity contribution >= 4 is 23.2 Å². The van der Waals surface area contributed by atoms with Crippen LogP contribution in [0.1, 0.15) is 62.1 Å². The second kappa shape index (κ2) is 18.2. The van der Waals surface area contributed by atoms with E-state index in [-0.39, 0.29) is 54.4 Å². The molecule has 0 bridgehead atoms. The third kappa shape index (κ3) is 8.59. The Kier molecular flexibility index (Phi) is 13.2. The third-order valence-corrected chi connectivity index (χ3v) is 11.7. The van der Waals surface area contributed by atoms with E-state index in [0.717, 1.165) is 54.0 Å². The lowest BCUT2D eigenvalue weighted by molar-refractivity contribution is -0.384. The molecule has 282 valence electrons. The molecule has 0 saturated heterocycles. The zero-order chi connectivity index (χ0) is 37.2. The lowest BCUT2D eigenvalue weighted by Crippen LogP contribution is -2.64. The summed E-state index contributed by atoms with van der Waals surface area (Å²) in [7, 11) is 1.57. The summed E-state index contributed by atoms with van der Waals surface area (Å²) >= 11 is 1.76. The van der Waals surface area contributed by atoms with Gasteiger partial charge in [-0.3, -0.25) is 20.1 Å². The number of nitro groups is 1. The smallest absolute Gasteiger partial charge is 0.273 e. The molecule has 13 heteroatoms. The van der Waals surface area contributed by atoms with Crippen molar-refractivity contribution in [2.45, 2.75) is 68.3 Å². The van der Waals surface area contributed by atoms with Crippen LogP contribution in [0.25, 0.3) is 0 Å². The van der Waals surface area contributed by atoms with Crippen LogP contribution in [0.3, 0.4) is 0 Å². The summed E-state index contributed by atoms with van der Waals surface area (Å²) in [5.74, 6) is 1.11. The number of fused-ring (bicyclic) bond motifs is 2. The molecule has 1 aliphatic heterocycles. The largest absolute Gasteiger partial charge is 0.460 e. The molecule has 3 aliphatic rings. The number of oxime groups is 1. The van der Waals surface area contributed by atoms with Crippen LogP contribution in [0.4, 0.5) is 5.69 Å². The van der Waals surface area contributed by atoms with E-state index < -0.39 is 10.7 Å². The molecule has 2 aromatic carbocycles. The van der Waals surface area contributed by atoms with E-state index in [4.69, 9.17) is 19.0 Å². The minimum Gasteiger partial charge on any atom is -0.460 e. The minimum absolute atomic E-state index is 0.0558. The molecule has 2 N–H and O–H groups in total. The van der Waals surface area contributed by atoms with E-state index in [1.807, 2.05) is 18.2 Å². The maximum atomic E-state index is 11.5. The molecule has 0 radical (unpaired) electrons. The highest BCUT2D eigenvalue weighted by molar-refractivity contribution is 8.00. The molecule has 3 aromatic rings. The van der Waals surface area contributed by atoms with Gasteiger partial charge < -0.3 is 29.3 Å². The van der Waals surface area contributed by atoms with Gasteiger partial charge in [0.25, 0.3) is 5.69 Å². The fourth-order valence-corrected chi connectivity index (χ4v) is 9.59. The number of nitro benzene ring substituents is 1. The van der Waals surface area contributed by atoms with Crippen molar-refractivity contribution < 1.29 is 34.2 Å².